The maximum Gasteiger partial charge on any atom is 1.00 e. The van der Waals surface area contributed by atoms with Crippen LogP contribution < -0.4 is 15.1 Å². The molecule has 0 N–H and O–H groups in total. The third-order valence-electron chi connectivity index (χ3n) is 4.09. The number of nitrogens with zero attached hydrogens (tertiary/aromatic N) is 1. The zero-order valence-electron chi connectivity index (χ0n) is 14.3. The summed E-state index contributed by atoms with van der Waals surface area (Å²) in [7, 11) is -4.56. The van der Waals surface area contributed by atoms with Crippen LogP contribution in [0.15, 0.2) is 24.3 Å². The van der Waals surface area contributed by atoms with Gasteiger partial charge in [-0.3, -0.25) is 0 Å². The first-order valence-corrected chi connectivity index (χ1v) is 8.73. The summed E-state index contributed by atoms with van der Waals surface area (Å²) in [5.41, 5.74) is 0.501. The molecule has 116 valence electrons. The lowest BCUT2D eigenvalue weighted by atomic mass is 10.2. The summed E-state index contributed by atoms with van der Waals surface area (Å²) in [6, 6.07) is 6.13. The minimum absolute atomic E-state index is 0. The fourth-order valence-electron chi connectivity index (χ4n) is 2.21. The Hall–Kier alpha value is -0.670. The lowest BCUT2D eigenvalue weighted by Gasteiger charge is -2.34. The van der Waals surface area contributed by atoms with E-state index in [2.05, 4.69) is 27.7 Å². The van der Waals surface area contributed by atoms with Crippen molar-refractivity contribution in [1.29, 1.82) is 0 Å². The third kappa shape index (κ3) is 5.76. The molecule has 0 saturated carbocycles. The Labute approximate surface area is 124 Å². The topological polar surface area (TPSA) is 63.2 Å². The SMILES string of the molecule is CC[N+](CC)(CC)CC.Cc1ccccc1P(=O)([O-])[O-].[H+]. The summed E-state index contributed by atoms with van der Waals surface area (Å²) in [4.78, 5) is 21.1. The van der Waals surface area contributed by atoms with E-state index in [4.69, 9.17) is 0 Å². The highest BCUT2D eigenvalue weighted by Crippen LogP contribution is 2.23. The molecule has 0 aliphatic carbocycles. The Balaban J connectivity index is 0. The van der Waals surface area contributed by atoms with Crippen molar-refractivity contribution in [3.8, 4) is 0 Å². The zero-order chi connectivity index (χ0) is 15.8. The molecule has 4 nitrogen and oxygen atoms in total. The smallest absolute Gasteiger partial charge is 0.807 e. The van der Waals surface area contributed by atoms with Crippen LogP contribution in [-0.4, -0.2) is 30.7 Å². The molecule has 1 rings (SSSR count). The Morgan fingerprint density at radius 2 is 1.40 bits per heavy atom. The number of hydrogen-bond acceptors (Lipinski definition) is 3. The predicted molar refractivity (Wildman–Crippen MR) is 82.0 cm³/mol. The number of benzene rings is 1. The van der Waals surface area contributed by atoms with Crippen LogP contribution in [0.4, 0.5) is 0 Å². The largest absolute Gasteiger partial charge is 1.00 e. The summed E-state index contributed by atoms with van der Waals surface area (Å²) in [5, 5.41) is -0.111. The predicted octanol–water partition coefficient (Wildman–Crippen LogP) is 1.53. The first kappa shape index (κ1) is 19.3. The Bertz CT molecular complexity index is 427. The second kappa shape index (κ2) is 8.58. The molecule has 0 spiro atoms. The molecular formula is C15H28NO3P. The van der Waals surface area contributed by atoms with Gasteiger partial charge in [-0.25, -0.2) is 0 Å². The van der Waals surface area contributed by atoms with Crippen LogP contribution in [0.25, 0.3) is 0 Å². The van der Waals surface area contributed by atoms with E-state index in [1.165, 1.54) is 42.8 Å². The second-order valence-corrected chi connectivity index (χ2v) is 6.37. The summed E-state index contributed by atoms with van der Waals surface area (Å²) in [5.74, 6) is 0. The van der Waals surface area contributed by atoms with E-state index in [0.29, 0.717) is 5.56 Å². The average Bonchev–Trinajstić information content (AvgIpc) is 2.42. The van der Waals surface area contributed by atoms with Crippen LogP contribution in [0, 0.1) is 6.92 Å². The van der Waals surface area contributed by atoms with Crippen LogP contribution in [0.1, 0.15) is 34.7 Å². The van der Waals surface area contributed by atoms with Gasteiger partial charge in [0, 0.05) is 0 Å². The number of quaternary nitrogens is 1. The maximum atomic E-state index is 10.5. The highest BCUT2D eigenvalue weighted by molar-refractivity contribution is 7.57. The monoisotopic (exact) mass is 301 g/mol. The summed E-state index contributed by atoms with van der Waals surface area (Å²) >= 11 is 0. The summed E-state index contributed by atoms with van der Waals surface area (Å²) < 4.78 is 11.8. The van der Waals surface area contributed by atoms with Gasteiger partial charge in [0.15, 0.2) is 0 Å². The van der Waals surface area contributed by atoms with E-state index < -0.39 is 7.60 Å². The van der Waals surface area contributed by atoms with Crippen LogP contribution >= 0.6 is 7.60 Å². The van der Waals surface area contributed by atoms with Gasteiger partial charge in [-0.15, -0.1) is 0 Å². The van der Waals surface area contributed by atoms with Crippen molar-refractivity contribution in [2.45, 2.75) is 34.6 Å². The second-order valence-electron chi connectivity index (χ2n) is 4.89. The van der Waals surface area contributed by atoms with Crippen molar-refractivity contribution >= 4 is 12.9 Å². The fraction of sp³-hybridized carbons (Fsp3) is 0.600. The van der Waals surface area contributed by atoms with E-state index in [9.17, 15) is 14.4 Å². The third-order valence-corrected chi connectivity index (χ3v) is 5.19. The Morgan fingerprint density at radius 1 is 1.00 bits per heavy atom. The lowest BCUT2D eigenvalue weighted by molar-refractivity contribution is -0.921. The molecular weight excluding hydrogens is 273 g/mol. The molecule has 0 saturated heterocycles. The Morgan fingerprint density at radius 3 is 1.60 bits per heavy atom. The average molecular weight is 301 g/mol. The van der Waals surface area contributed by atoms with Gasteiger partial charge in [0.05, 0.1) is 26.2 Å². The van der Waals surface area contributed by atoms with Crippen LogP contribution in [0.2, 0.25) is 0 Å². The van der Waals surface area contributed by atoms with Gasteiger partial charge in [-0.05, 0) is 53.1 Å². The molecule has 0 fully saturated rings. The van der Waals surface area contributed by atoms with Gasteiger partial charge >= 0.3 is 1.43 Å². The quantitative estimate of drug-likeness (QED) is 0.612. The van der Waals surface area contributed by atoms with Crippen molar-refractivity contribution in [2.75, 3.05) is 26.2 Å². The van der Waals surface area contributed by atoms with E-state index in [-0.39, 0.29) is 6.73 Å². The van der Waals surface area contributed by atoms with Crippen molar-refractivity contribution in [3.05, 3.63) is 29.8 Å². The van der Waals surface area contributed by atoms with Crippen LogP contribution in [0.5, 0.6) is 0 Å². The molecule has 0 amide bonds. The molecule has 1 aromatic rings. The first-order valence-electron chi connectivity index (χ1n) is 7.19. The van der Waals surface area contributed by atoms with E-state index in [1.54, 1.807) is 19.1 Å². The van der Waals surface area contributed by atoms with Crippen LogP contribution in [-0.2, 0) is 4.57 Å². The minimum atomic E-state index is -4.56. The maximum absolute atomic E-state index is 10.5. The molecule has 0 aromatic heterocycles. The minimum Gasteiger partial charge on any atom is -0.807 e. The standard InChI is InChI=1S/C8H20N.C7H9O3P/c1-5-9(6-2,7-3)8-4;1-6-4-2-3-5-7(6)11(8,9)10/h5-8H2,1-4H3;2-5H,1H3,(H2,8,9,10)/q+1;/p-1. The Kier molecular flexibility index (Phi) is 8.29. The number of rotatable bonds is 5. The van der Waals surface area contributed by atoms with Crippen molar-refractivity contribution in [2.24, 2.45) is 0 Å². The molecule has 0 aliphatic rings. The molecule has 0 radical (unpaired) electrons. The molecule has 5 heteroatoms. The number of aryl methyl sites for hydroxylation is 1. The summed E-state index contributed by atoms with van der Waals surface area (Å²) in [6.45, 7) is 15.8. The lowest BCUT2D eigenvalue weighted by Crippen LogP contribution is -2.47. The zero-order valence-corrected chi connectivity index (χ0v) is 14.2. The normalized spacial score (nSPS) is 11.8. The fourth-order valence-corrected chi connectivity index (χ4v) is 2.99. The molecule has 0 atom stereocenters. The van der Waals surface area contributed by atoms with Gasteiger partial charge in [0.25, 0.3) is 0 Å². The highest BCUT2D eigenvalue weighted by atomic mass is 31.2. The van der Waals surface area contributed by atoms with Gasteiger partial charge in [0.2, 0.25) is 0 Å². The highest BCUT2D eigenvalue weighted by Gasteiger charge is 2.16. The summed E-state index contributed by atoms with van der Waals surface area (Å²) in [6.07, 6.45) is 0. The molecule has 20 heavy (non-hydrogen) atoms. The van der Waals surface area contributed by atoms with Gasteiger partial charge < -0.3 is 18.8 Å². The van der Waals surface area contributed by atoms with Gasteiger partial charge in [-0.2, -0.15) is 0 Å². The van der Waals surface area contributed by atoms with Crippen molar-refractivity contribution < 1.29 is 20.3 Å². The first-order chi connectivity index (χ1) is 9.26. The van der Waals surface area contributed by atoms with Gasteiger partial charge in [0.1, 0.15) is 0 Å². The van der Waals surface area contributed by atoms with Crippen molar-refractivity contribution in [3.63, 3.8) is 0 Å². The molecule has 0 unspecified atom stereocenters. The number of hydrogen-bond donors (Lipinski definition) is 0. The van der Waals surface area contributed by atoms with E-state index in [1.807, 2.05) is 0 Å². The van der Waals surface area contributed by atoms with E-state index >= 15 is 0 Å². The van der Waals surface area contributed by atoms with Crippen LogP contribution in [0.3, 0.4) is 0 Å². The molecule has 1 aromatic carbocycles. The molecule has 0 aliphatic heterocycles. The van der Waals surface area contributed by atoms with Crippen molar-refractivity contribution in [1.82, 2.24) is 0 Å². The van der Waals surface area contributed by atoms with Gasteiger partial charge in [-0.1, -0.05) is 24.3 Å². The molecule has 0 bridgehead atoms. The van der Waals surface area contributed by atoms with E-state index in [0.717, 1.165) is 0 Å². The molecule has 0 heterocycles.